The van der Waals surface area contributed by atoms with Crippen LogP contribution in [0.5, 0.6) is 0 Å². The van der Waals surface area contributed by atoms with Gasteiger partial charge in [-0.05, 0) is 24.5 Å². The van der Waals surface area contributed by atoms with Gasteiger partial charge in [-0.1, -0.05) is 24.3 Å². The second-order valence-corrected chi connectivity index (χ2v) is 10.5. The summed E-state index contributed by atoms with van der Waals surface area (Å²) in [6.45, 7) is 3.26. The number of carboxylic acids is 1. The monoisotopic (exact) mass is 574 g/mol. The Kier molecular flexibility index (Phi) is 8.57. The lowest BCUT2D eigenvalue weighted by molar-refractivity contribution is -0.339. The van der Waals surface area contributed by atoms with Crippen molar-refractivity contribution in [3.05, 3.63) is 59.3 Å². The number of aliphatic hydroxyl groups is 4. The van der Waals surface area contributed by atoms with E-state index in [9.17, 15) is 35.1 Å². The molecule has 0 amide bonds. The minimum Gasteiger partial charge on any atom is -0.480 e. The average molecular weight is 575 g/mol. The Morgan fingerprint density at radius 2 is 1.93 bits per heavy atom. The van der Waals surface area contributed by atoms with Crippen molar-refractivity contribution in [2.45, 2.75) is 68.0 Å². The molecule has 2 fully saturated rings. The van der Waals surface area contributed by atoms with Gasteiger partial charge < -0.3 is 44.5 Å². The zero-order valence-electron chi connectivity index (χ0n) is 22.3. The van der Waals surface area contributed by atoms with E-state index >= 15 is 0 Å². The molecule has 222 valence electrons. The summed E-state index contributed by atoms with van der Waals surface area (Å²) in [5.74, 6) is -3.06. The lowest BCUT2D eigenvalue weighted by atomic mass is 9.76. The maximum absolute atomic E-state index is 12.8. The van der Waals surface area contributed by atoms with Crippen LogP contribution in [0.1, 0.15) is 12.8 Å². The van der Waals surface area contributed by atoms with E-state index in [0.717, 1.165) is 16.1 Å². The number of hydrogen-bond donors (Lipinski definition) is 6. The van der Waals surface area contributed by atoms with E-state index in [1.54, 1.807) is 0 Å². The standard InChI is InChI=1S/C28H34N2O11/c1-3-12-14(8-18-21-15(9-19(29-18)25(35)36)13-6-4-5-7-17(13)30-21)16(26(37)38-2)11-39-27(12)41-28-24(34)23(33)22(32)20(10-31)40-28/h3-7,11-12,14,18-24,27-29,31-34H,1,8-10H2,2H3,(H,35,36)/t12-,14+,18+,19+,20-,21?,22-,23+,24-,27+,28+/m1/s1. The van der Waals surface area contributed by atoms with Crippen molar-refractivity contribution in [1.82, 2.24) is 5.32 Å². The molecule has 4 heterocycles. The number of aliphatic carboxylic acids is 1. The first-order chi connectivity index (χ1) is 19.7. The molecule has 1 aromatic rings. The number of carboxylic acid groups (broad SMARTS) is 1. The quantitative estimate of drug-likeness (QED) is 0.144. The van der Waals surface area contributed by atoms with Crippen LogP contribution in [-0.4, -0.2) is 106 Å². The number of nitrogens with one attached hydrogen (secondary N) is 1. The molecule has 1 unspecified atom stereocenters. The third-order valence-electron chi connectivity index (χ3n) is 8.23. The molecular formula is C28H34N2O11. The molecule has 41 heavy (non-hydrogen) atoms. The van der Waals surface area contributed by atoms with Crippen LogP contribution in [0.15, 0.2) is 53.7 Å². The smallest absolute Gasteiger partial charge is 0.337 e. The average Bonchev–Trinajstić information content (AvgIpc) is 3.36. The van der Waals surface area contributed by atoms with Gasteiger partial charge in [0, 0.05) is 23.1 Å². The molecule has 0 bridgehead atoms. The number of methoxy groups -OCH3 is 1. The number of ether oxygens (including phenoxy) is 4. The Hall–Kier alpha value is -3.17. The Bertz CT molecular complexity index is 1330. The fourth-order valence-corrected chi connectivity index (χ4v) is 6.09. The number of carbonyl (C=O) groups is 2. The Labute approximate surface area is 235 Å². The minimum absolute atomic E-state index is 0.169. The summed E-state index contributed by atoms with van der Waals surface area (Å²) in [7, 11) is 1.23. The number of nitrogens with zero attached hydrogens (tertiary/aromatic N) is 1. The van der Waals surface area contributed by atoms with E-state index < -0.39 is 79.5 Å². The van der Waals surface area contributed by atoms with E-state index in [4.69, 9.17) is 23.9 Å². The van der Waals surface area contributed by atoms with Crippen LogP contribution >= 0.6 is 0 Å². The van der Waals surface area contributed by atoms with Gasteiger partial charge in [-0.25, -0.2) is 4.79 Å². The molecule has 2 saturated heterocycles. The molecular weight excluding hydrogens is 540 g/mol. The van der Waals surface area contributed by atoms with Gasteiger partial charge in [0.1, 0.15) is 30.5 Å². The van der Waals surface area contributed by atoms with Crippen LogP contribution in [0.25, 0.3) is 5.57 Å². The molecule has 1 aromatic carbocycles. The SMILES string of the molecule is C=C[C@H]1[C@H](O[C@@H]2O[C@H](CO)[C@@H](O)[C@H](O)[C@H]2O)OC=C(C(=O)OC)[C@H]1C[C@@H]1N[C@H](C(=O)O)CC2=c3ccccc3=NC21. The zero-order chi connectivity index (χ0) is 29.4. The zero-order valence-corrected chi connectivity index (χ0v) is 22.3. The topological polar surface area (TPSA) is 197 Å². The number of aliphatic hydroxyl groups excluding tert-OH is 4. The number of piperidine rings is 1. The highest BCUT2D eigenvalue weighted by Crippen LogP contribution is 2.40. The number of rotatable bonds is 8. The first-order valence-electron chi connectivity index (χ1n) is 13.4. The minimum atomic E-state index is -1.67. The summed E-state index contributed by atoms with van der Waals surface area (Å²) in [6, 6.07) is 5.78. The largest absolute Gasteiger partial charge is 0.480 e. The van der Waals surface area contributed by atoms with Crippen molar-refractivity contribution in [3.63, 3.8) is 0 Å². The third-order valence-corrected chi connectivity index (χ3v) is 8.23. The third kappa shape index (κ3) is 5.42. The van der Waals surface area contributed by atoms with E-state index in [-0.39, 0.29) is 24.5 Å². The second-order valence-electron chi connectivity index (χ2n) is 10.5. The number of carbonyl (C=O) groups excluding carboxylic acids is 1. The summed E-state index contributed by atoms with van der Waals surface area (Å²) in [5.41, 5.74) is 1.07. The first-order valence-corrected chi connectivity index (χ1v) is 13.4. The highest BCUT2D eigenvalue weighted by molar-refractivity contribution is 5.89. The van der Waals surface area contributed by atoms with Gasteiger partial charge in [-0.15, -0.1) is 6.58 Å². The molecule has 0 spiro atoms. The lowest BCUT2D eigenvalue weighted by Gasteiger charge is -2.44. The number of benzene rings is 1. The highest BCUT2D eigenvalue weighted by Gasteiger charge is 2.49. The summed E-state index contributed by atoms with van der Waals surface area (Å²) in [5, 5.41) is 55.1. The van der Waals surface area contributed by atoms with E-state index in [1.807, 2.05) is 24.3 Å². The number of fused-ring (bicyclic) bond motifs is 2. The van der Waals surface area contributed by atoms with Crippen LogP contribution in [0, 0.1) is 11.8 Å². The molecule has 11 atom stereocenters. The normalized spacial score (nSPS) is 38.0. The van der Waals surface area contributed by atoms with Gasteiger partial charge in [0.05, 0.1) is 37.0 Å². The summed E-state index contributed by atoms with van der Waals surface area (Å²) in [4.78, 5) is 29.8. The van der Waals surface area contributed by atoms with Crippen LogP contribution in [0.3, 0.4) is 0 Å². The van der Waals surface area contributed by atoms with Gasteiger partial charge in [0.15, 0.2) is 6.29 Å². The lowest BCUT2D eigenvalue weighted by Crippen LogP contribution is -2.60. The maximum atomic E-state index is 12.8. The molecule has 13 nitrogen and oxygen atoms in total. The Morgan fingerprint density at radius 1 is 1.17 bits per heavy atom. The van der Waals surface area contributed by atoms with E-state index in [1.165, 1.54) is 19.4 Å². The van der Waals surface area contributed by atoms with Gasteiger partial charge in [-0.2, -0.15) is 0 Å². The predicted molar refractivity (Wildman–Crippen MR) is 139 cm³/mol. The maximum Gasteiger partial charge on any atom is 0.337 e. The van der Waals surface area contributed by atoms with Crippen molar-refractivity contribution in [2.24, 2.45) is 16.8 Å². The summed E-state index contributed by atoms with van der Waals surface area (Å²) in [6.07, 6.45) is -5.57. The van der Waals surface area contributed by atoms with E-state index in [0.29, 0.717) is 0 Å². The first kappa shape index (κ1) is 29.3. The highest BCUT2D eigenvalue weighted by atomic mass is 16.8. The predicted octanol–water partition coefficient (Wildman–Crippen LogP) is -2.31. The van der Waals surface area contributed by atoms with Crippen LogP contribution in [0.4, 0.5) is 0 Å². The number of esters is 1. The van der Waals surface area contributed by atoms with Crippen LogP contribution < -0.4 is 15.9 Å². The van der Waals surface area contributed by atoms with Gasteiger partial charge in [0.25, 0.3) is 0 Å². The summed E-state index contributed by atoms with van der Waals surface area (Å²) >= 11 is 0. The van der Waals surface area contributed by atoms with Crippen LogP contribution in [0.2, 0.25) is 0 Å². The van der Waals surface area contributed by atoms with Crippen molar-refractivity contribution < 1.29 is 54.1 Å². The Morgan fingerprint density at radius 3 is 2.61 bits per heavy atom. The van der Waals surface area contributed by atoms with Crippen molar-refractivity contribution in [2.75, 3.05) is 13.7 Å². The molecule has 5 rings (SSSR count). The van der Waals surface area contributed by atoms with Gasteiger partial charge in [-0.3, -0.25) is 15.1 Å². The van der Waals surface area contributed by atoms with Crippen molar-refractivity contribution in [3.8, 4) is 0 Å². The molecule has 0 aromatic heterocycles. The van der Waals surface area contributed by atoms with Crippen molar-refractivity contribution >= 4 is 17.5 Å². The van der Waals surface area contributed by atoms with E-state index in [2.05, 4.69) is 11.9 Å². The van der Waals surface area contributed by atoms with Crippen LogP contribution in [-0.2, 0) is 28.5 Å². The Balaban J connectivity index is 1.45. The number of hydrogen-bond acceptors (Lipinski definition) is 12. The fraction of sp³-hybridized carbons (Fsp3) is 0.536. The van der Waals surface area contributed by atoms with Crippen molar-refractivity contribution in [1.29, 1.82) is 0 Å². The van der Waals surface area contributed by atoms with Gasteiger partial charge >= 0.3 is 11.9 Å². The fourth-order valence-electron chi connectivity index (χ4n) is 6.09. The number of para-hydroxylation sites is 1. The molecule has 4 aliphatic heterocycles. The van der Waals surface area contributed by atoms with Gasteiger partial charge in [0.2, 0.25) is 6.29 Å². The summed E-state index contributed by atoms with van der Waals surface area (Å²) < 4.78 is 22.1. The molecule has 6 N–H and O–H groups in total. The molecule has 0 radical (unpaired) electrons. The molecule has 4 aliphatic rings. The molecule has 0 saturated carbocycles. The second kappa shape index (κ2) is 12.0. The molecule has 13 heteroatoms. The molecule has 0 aliphatic carbocycles.